The molecule has 0 bridgehead atoms. The summed E-state index contributed by atoms with van der Waals surface area (Å²) in [5.41, 5.74) is 12.1. The first kappa shape index (κ1) is 40.6. The fraction of sp³-hybridized carbons (Fsp3) is 0.360. The Hall–Kier alpha value is -6.16. The first-order chi connectivity index (χ1) is 29.1. The molecule has 10 heteroatoms. The zero-order chi connectivity index (χ0) is 41.9. The molecule has 8 rings (SSSR count). The maximum Gasteiger partial charge on any atom is 0.325 e. The molecule has 0 saturated carbocycles. The summed E-state index contributed by atoms with van der Waals surface area (Å²) in [6.07, 6.45) is 8.53. The number of anilines is 2. The van der Waals surface area contributed by atoms with Crippen molar-refractivity contribution in [3.8, 4) is 22.3 Å². The van der Waals surface area contributed by atoms with Gasteiger partial charge < -0.3 is 18.8 Å². The summed E-state index contributed by atoms with van der Waals surface area (Å²) in [6.45, 7) is 9.19. The average Bonchev–Trinajstić information content (AvgIpc) is 3.79. The van der Waals surface area contributed by atoms with Gasteiger partial charge in [-0.3, -0.25) is 9.80 Å². The van der Waals surface area contributed by atoms with E-state index in [1.54, 1.807) is 9.80 Å². The molecule has 4 amide bonds. The highest BCUT2D eigenvalue weighted by Gasteiger charge is 2.38. The van der Waals surface area contributed by atoms with Gasteiger partial charge in [-0.1, -0.05) is 122 Å². The van der Waals surface area contributed by atoms with Crippen molar-refractivity contribution in [3.05, 3.63) is 142 Å². The molecule has 60 heavy (non-hydrogen) atoms. The third-order valence-electron chi connectivity index (χ3n) is 12.5. The molecule has 6 aromatic rings. The predicted molar refractivity (Wildman–Crippen MR) is 237 cm³/mol. The van der Waals surface area contributed by atoms with Crippen LogP contribution >= 0.6 is 0 Å². The fourth-order valence-electron chi connectivity index (χ4n) is 9.47. The molecule has 2 aliphatic heterocycles. The summed E-state index contributed by atoms with van der Waals surface area (Å²) in [6, 6.07) is 33.1. The van der Waals surface area contributed by atoms with Crippen LogP contribution in [0.3, 0.4) is 0 Å². The molecule has 2 unspecified atom stereocenters. The van der Waals surface area contributed by atoms with Gasteiger partial charge in [0.1, 0.15) is 11.5 Å². The molecule has 4 heterocycles. The van der Waals surface area contributed by atoms with E-state index in [4.69, 9.17) is 9.05 Å². The molecule has 2 aliphatic rings. The lowest BCUT2D eigenvalue weighted by atomic mass is 9.90. The van der Waals surface area contributed by atoms with Gasteiger partial charge >= 0.3 is 12.1 Å². The second-order valence-electron chi connectivity index (χ2n) is 16.5. The van der Waals surface area contributed by atoms with Crippen molar-refractivity contribution in [1.29, 1.82) is 0 Å². The number of carbonyl (C=O) groups is 2. The lowest BCUT2D eigenvalue weighted by Crippen LogP contribution is -2.48. The van der Waals surface area contributed by atoms with Gasteiger partial charge in [-0.15, -0.1) is 0 Å². The van der Waals surface area contributed by atoms with Crippen LogP contribution < -0.4 is 9.80 Å². The molecule has 310 valence electrons. The number of carbonyl (C=O) groups excluding carboxylic acids is 2. The van der Waals surface area contributed by atoms with E-state index in [1.807, 2.05) is 63.7 Å². The molecule has 0 radical (unpaired) electrons. The minimum absolute atomic E-state index is 0.0266. The first-order valence-corrected chi connectivity index (χ1v) is 21.5. The van der Waals surface area contributed by atoms with Crippen LogP contribution in [0.25, 0.3) is 22.3 Å². The number of hydrogen-bond acceptors (Lipinski definition) is 6. The Bertz CT molecular complexity index is 2250. The molecule has 4 aromatic carbocycles. The number of hydrogen-bond donors (Lipinski definition) is 0. The Labute approximate surface area is 353 Å². The van der Waals surface area contributed by atoms with Crippen LogP contribution in [0.5, 0.6) is 0 Å². The van der Waals surface area contributed by atoms with Crippen LogP contribution in [0.1, 0.15) is 109 Å². The lowest BCUT2D eigenvalue weighted by Gasteiger charge is -2.42. The third-order valence-corrected chi connectivity index (χ3v) is 12.5. The summed E-state index contributed by atoms with van der Waals surface area (Å²) in [7, 11) is 3.76. The van der Waals surface area contributed by atoms with Crippen molar-refractivity contribution in [2.45, 2.75) is 91.1 Å². The molecule has 0 spiro atoms. The molecule has 0 saturated heterocycles. The van der Waals surface area contributed by atoms with E-state index in [0.717, 1.165) is 130 Å². The van der Waals surface area contributed by atoms with E-state index < -0.39 is 0 Å². The second kappa shape index (κ2) is 17.6. The van der Waals surface area contributed by atoms with Gasteiger partial charge in [-0.25, -0.2) is 9.59 Å². The van der Waals surface area contributed by atoms with Crippen molar-refractivity contribution in [2.75, 3.05) is 37.0 Å². The van der Waals surface area contributed by atoms with Crippen molar-refractivity contribution in [3.63, 3.8) is 0 Å². The van der Waals surface area contributed by atoms with Crippen molar-refractivity contribution in [1.82, 2.24) is 20.1 Å². The van der Waals surface area contributed by atoms with Crippen LogP contribution in [-0.4, -0.2) is 59.4 Å². The van der Waals surface area contributed by atoms with E-state index in [2.05, 4.69) is 95.2 Å². The Kier molecular flexibility index (Phi) is 11.9. The lowest BCUT2D eigenvalue weighted by molar-refractivity contribution is 0.185. The molecular formula is C50H56N6O4. The number of benzene rings is 4. The molecule has 0 aliphatic carbocycles. The number of fused-ring (bicyclic) bond motifs is 2. The van der Waals surface area contributed by atoms with Crippen molar-refractivity contribution < 1.29 is 18.6 Å². The van der Waals surface area contributed by atoms with E-state index >= 15 is 0 Å². The maximum atomic E-state index is 14.0. The Balaban J connectivity index is 0.866. The first-order valence-electron chi connectivity index (χ1n) is 21.5. The quantitative estimate of drug-likeness (QED) is 0.0959. The van der Waals surface area contributed by atoms with Gasteiger partial charge in [0.2, 0.25) is 0 Å². The largest absolute Gasteiger partial charge is 0.361 e. The number of aromatic nitrogens is 2. The van der Waals surface area contributed by atoms with Crippen LogP contribution in [0.4, 0.5) is 21.0 Å². The molecule has 10 nitrogen and oxygen atoms in total. The number of rotatable bonds is 15. The van der Waals surface area contributed by atoms with Crippen molar-refractivity contribution >= 4 is 23.4 Å². The Morgan fingerprint density at radius 3 is 1.22 bits per heavy atom. The topological polar surface area (TPSA) is 99.2 Å². The minimum atomic E-state index is -0.184. The van der Waals surface area contributed by atoms with Gasteiger partial charge in [0, 0.05) is 49.4 Å². The molecule has 0 N–H and O–H groups in total. The van der Waals surface area contributed by atoms with Crippen LogP contribution in [0, 0.1) is 27.7 Å². The summed E-state index contributed by atoms with van der Waals surface area (Å²) in [5, 5.41) is 8.40. The number of amides is 4. The summed E-state index contributed by atoms with van der Waals surface area (Å²) in [4.78, 5) is 35.6. The molecular weight excluding hydrogens is 749 g/mol. The molecule has 2 aromatic heterocycles. The normalized spacial score (nSPS) is 16.4. The van der Waals surface area contributed by atoms with Crippen molar-refractivity contribution in [2.24, 2.45) is 0 Å². The summed E-state index contributed by atoms with van der Waals surface area (Å²) in [5.74, 6) is 1.58. The number of urea groups is 2. The van der Waals surface area contributed by atoms with Gasteiger partial charge in [0.15, 0.2) is 0 Å². The third kappa shape index (κ3) is 7.83. The fourth-order valence-corrected chi connectivity index (χ4v) is 9.47. The SMILES string of the molecule is Cc1noc(C)c1-c1ccc2c(c1)C(c1ccccc1)N(CCCCCCCCCCN1C(=O)N(C)c3ccc(-c4c(C)noc4C)cc3C1c1ccccc1)C(=O)N2C. The summed E-state index contributed by atoms with van der Waals surface area (Å²) >= 11 is 0. The monoisotopic (exact) mass is 804 g/mol. The van der Waals surface area contributed by atoms with Gasteiger partial charge in [-0.05, 0) is 87.1 Å². The predicted octanol–water partition coefficient (Wildman–Crippen LogP) is 12.0. The number of unbranched alkanes of at least 4 members (excludes halogenated alkanes) is 7. The Morgan fingerprint density at radius 1 is 0.500 bits per heavy atom. The average molecular weight is 805 g/mol. The van der Waals surface area contributed by atoms with Crippen LogP contribution in [0.15, 0.2) is 106 Å². The molecule has 2 atom stereocenters. The van der Waals surface area contributed by atoms with Gasteiger partial charge in [0.25, 0.3) is 0 Å². The zero-order valence-corrected chi connectivity index (χ0v) is 35.8. The molecule has 0 fully saturated rings. The number of aryl methyl sites for hydroxylation is 4. The van der Waals surface area contributed by atoms with E-state index in [9.17, 15) is 9.59 Å². The zero-order valence-electron chi connectivity index (χ0n) is 35.8. The highest BCUT2D eigenvalue weighted by molar-refractivity contribution is 5.97. The standard InChI is InChI=1S/C50H56N6O4/c1-33-45(35(3)59-51-33)39-25-27-43-41(31-39)47(37-21-15-13-16-22-37)55(49(57)53(43)5)29-19-11-9-7-8-10-12-20-30-56-48(38-23-17-14-18-24-38)42-32-40(46-34(2)52-60-36(46)4)26-28-44(42)54(6)50(56)58/h13-18,21-28,31-32,47-48H,7-12,19-20,29-30H2,1-6H3. The smallest absolute Gasteiger partial charge is 0.325 e. The second-order valence-corrected chi connectivity index (χ2v) is 16.5. The Morgan fingerprint density at radius 2 is 0.867 bits per heavy atom. The van der Waals surface area contributed by atoms with Gasteiger partial charge in [-0.2, -0.15) is 0 Å². The van der Waals surface area contributed by atoms with Gasteiger partial charge in [0.05, 0.1) is 34.8 Å². The van der Waals surface area contributed by atoms with Crippen LogP contribution in [0.2, 0.25) is 0 Å². The van der Waals surface area contributed by atoms with E-state index in [1.165, 1.54) is 0 Å². The number of nitrogens with zero attached hydrogens (tertiary/aromatic N) is 6. The highest BCUT2D eigenvalue weighted by atomic mass is 16.5. The minimum Gasteiger partial charge on any atom is -0.361 e. The summed E-state index contributed by atoms with van der Waals surface area (Å²) < 4.78 is 11.0. The van der Waals surface area contributed by atoms with E-state index in [0.29, 0.717) is 13.1 Å². The highest BCUT2D eigenvalue weighted by Crippen LogP contribution is 2.44. The van der Waals surface area contributed by atoms with Crippen LogP contribution in [-0.2, 0) is 0 Å². The maximum absolute atomic E-state index is 14.0. The van der Waals surface area contributed by atoms with E-state index in [-0.39, 0.29) is 24.1 Å².